The Bertz CT molecular complexity index is 2300. The van der Waals surface area contributed by atoms with Crippen molar-refractivity contribution in [1.82, 2.24) is 0 Å². The van der Waals surface area contributed by atoms with E-state index in [1.165, 1.54) is 193 Å². The minimum absolute atomic E-state index is 0.106. The molecule has 0 saturated carbocycles. The Balaban J connectivity index is 4.38. The predicted molar refractivity (Wildman–Crippen MR) is 436 cm³/mol. The summed E-state index contributed by atoms with van der Waals surface area (Å²) in [6.07, 6.45) is 93.3. The smallest absolute Gasteiger partial charge is 0.463 e. The van der Waals surface area contributed by atoms with Crippen molar-refractivity contribution in [2.24, 2.45) is 0 Å². The van der Waals surface area contributed by atoms with Gasteiger partial charge in [-0.25, -0.2) is 9.13 Å². The average molecular weight is 1520 g/mol. The van der Waals surface area contributed by atoms with Crippen molar-refractivity contribution in [2.45, 2.75) is 399 Å². The molecule has 0 aromatic heterocycles. The lowest BCUT2D eigenvalue weighted by Crippen LogP contribution is -2.30. The molecule has 0 aliphatic carbocycles. The van der Waals surface area contributed by atoms with Crippen molar-refractivity contribution in [3.05, 3.63) is 97.2 Å². The van der Waals surface area contributed by atoms with Crippen molar-refractivity contribution in [3.63, 3.8) is 0 Å². The number of carbonyl (C=O) groups is 3. The summed E-state index contributed by atoms with van der Waals surface area (Å²) < 4.78 is 61.2. The van der Waals surface area contributed by atoms with Gasteiger partial charge in [0.25, 0.3) is 0 Å². The van der Waals surface area contributed by atoms with Gasteiger partial charge in [0, 0.05) is 19.3 Å². The van der Waals surface area contributed by atoms with Crippen LogP contribution in [-0.4, -0.2) is 95.9 Å². The highest BCUT2D eigenvalue weighted by Gasteiger charge is 2.29. The number of hydrogen-bond acceptors (Lipinski definition) is 14. The molecule has 4 N–H and O–H groups in total. The van der Waals surface area contributed by atoms with Gasteiger partial charge in [0.2, 0.25) is 0 Å². The second-order valence-corrected chi connectivity index (χ2v) is 31.5. The van der Waals surface area contributed by atoms with Gasteiger partial charge < -0.3 is 34.2 Å². The molecule has 0 aliphatic heterocycles. The molecule has 0 rings (SSSR count). The fourth-order valence-corrected chi connectivity index (χ4v) is 13.4. The number of phosphoric ester groups is 2. The van der Waals surface area contributed by atoms with E-state index in [2.05, 4.69) is 118 Å². The Morgan fingerprint density at radius 3 is 0.819 bits per heavy atom. The number of unbranched alkanes of at least 4 members (excludes halogenated alkanes) is 42. The van der Waals surface area contributed by atoms with Crippen molar-refractivity contribution in [1.29, 1.82) is 0 Å². The maximum absolute atomic E-state index is 13.0. The third kappa shape index (κ3) is 81.3. The highest BCUT2D eigenvalue weighted by Crippen LogP contribution is 2.45. The van der Waals surface area contributed by atoms with E-state index in [0.29, 0.717) is 19.3 Å². The van der Waals surface area contributed by atoms with E-state index in [1.54, 1.807) is 0 Å². The zero-order chi connectivity index (χ0) is 76.6. The van der Waals surface area contributed by atoms with E-state index >= 15 is 0 Å². The molecular weight excluding hydrogens is 1360 g/mol. The second kappa shape index (κ2) is 80.0. The first-order chi connectivity index (χ1) is 51.2. The van der Waals surface area contributed by atoms with Crippen LogP contribution >= 0.6 is 15.6 Å². The molecule has 5 atom stereocenters. The van der Waals surface area contributed by atoms with Crippen LogP contribution in [0.1, 0.15) is 380 Å². The number of aliphatic hydroxyl groups excluding tert-OH is 2. The zero-order valence-corrected chi connectivity index (χ0v) is 68.7. The number of allylic oxidation sites excluding steroid dienone is 16. The van der Waals surface area contributed by atoms with Crippen LogP contribution in [-0.2, 0) is 55.8 Å². The van der Waals surface area contributed by atoms with Crippen molar-refractivity contribution < 1.29 is 75.8 Å². The highest BCUT2D eigenvalue weighted by molar-refractivity contribution is 7.47. The summed E-state index contributed by atoms with van der Waals surface area (Å²) in [5, 5.41) is 20.7. The molecular formula is C87H156O16P2. The van der Waals surface area contributed by atoms with E-state index in [9.17, 15) is 43.5 Å². The van der Waals surface area contributed by atoms with Crippen LogP contribution in [0.25, 0.3) is 0 Å². The number of carbonyl (C=O) groups excluding carboxylic acids is 3. The van der Waals surface area contributed by atoms with Crippen LogP contribution in [0.4, 0.5) is 0 Å². The molecule has 0 aromatic rings. The molecule has 0 heterocycles. The van der Waals surface area contributed by atoms with Crippen LogP contribution in [0, 0.1) is 0 Å². The Morgan fingerprint density at radius 1 is 0.276 bits per heavy atom. The monoisotopic (exact) mass is 1520 g/mol. The molecule has 16 nitrogen and oxygen atoms in total. The summed E-state index contributed by atoms with van der Waals surface area (Å²) in [4.78, 5) is 58.7. The highest BCUT2D eigenvalue weighted by atomic mass is 31.2. The molecule has 0 aromatic carbocycles. The molecule has 0 spiro atoms. The van der Waals surface area contributed by atoms with Crippen molar-refractivity contribution in [2.75, 3.05) is 39.6 Å². The van der Waals surface area contributed by atoms with Crippen LogP contribution in [0.2, 0.25) is 0 Å². The van der Waals surface area contributed by atoms with Crippen molar-refractivity contribution in [3.8, 4) is 0 Å². The topological polar surface area (TPSA) is 231 Å². The van der Waals surface area contributed by atoms with Crippen LogP contribution < -0.4 is 0 Å². The van der Waals surface area contributed by atoms with Gasteiger partial charge in [0.1, 0.15) is 25.4 Å². The Labute approximate surface area is 641 Å². The molecule has 0 radical (unpaired) electrons. The van der Waals surface area contributed by atoms with E-state index in [-0.39, 0.29) is 19.3 Å². The van der Waals surface area contributed by atoms with E-state index < -0.39 is 91.5 Å². The fraction of sp³-hybridized carbons (Fsp3) is 0.782. The number of aliphatic hydroxyl groups is 2. The van der Waals surface area contributed by atoms with Gasteiger partial charge >= 0.3 is 33.6 Å². The van der Waals surface area contributed by atoms with Gasteiger partial charge in [-0.2, -0.15) is 0 Å². The quantitative estimate of drug-likeness (QED) is 0.0146. The molecule has 0 bridgehead atoms. The van der Waals surface area contributed by atoms with Crippen LogP contribution in [0.5, 0.6) is 0 Å². The molecule has 0 fully saturated rings. The summed E-state index contributed by atoms with van der Waals surface area (Å²) in [5.74, 6) is -1.57. The largest absolute Gasteiger partial charge is 0.472 e. The molecule has 18 heteroatoms. The van der Waals surface area contributed by atoms with Gasteiger partial charge in [-0.05, 0) is 103 Å². The number of ether oxygens (including phenoxy) is 3. The summed E-state index contributed by atoms with van der Waals surface area (Å²) in [5.41, 5.74) is 0. The van der Waals surface area contributed by atoms with Crippen molar-refractivity contribution >= 4 is 33.6 Å². The molecule has 105 heavy (non-hydrogen) atoms. The first kappa shape index (κ1) is 101. The Morgan fingerprint density at radius 2 is 0.505 bits per heavy atom. The van der Waals surface area contributed by atoms with Gasteiger partial charge in [-0.1, -0.05) is 356 Å². The minimum Gasteiger partial charge on any atom is -0.463 e. The molecule has 5 unspecified atom stereocenters. The minimum atomic E-state index is -4.93. The van der Waals surface area contributed by atoms with Gasteiger partial charge in [-0.15, -0.1) is 0 Å². The van der Waals surface area contributed by atoms with Crippen LogP contribution in [0.15, 0.2) is 97.2 Å². The van der Waals surface area contributed by atoms with Crippen LogP contribution in [0.3, 0.4) is 0 Å². The van der Waals surface area contributed by atoms with E-state index in [0.717, 1.165) is 128 Å². The lowest BCUT2D eigenvalue weighted by molar-refractivity contribution is -0.161. The SMILES string of the molecule is CC/C=C\C/C=C\C/C=C\C/C=C\CCCCCCCCC(=O)OCC(COP(=O)(O)OCC(O)COP(=O)(O)OCC(O)COC(=O)CCCCCCCCCCCCCCCCCCCCC/C=C\C/C=C\C/C=C\C/C=C\CCCCC)OC(=O)CCCCCCCCCCCCCCCCC. The third-order valence-corrected chi connectivity index (χ3v) is 20.2. The maximum atomic E-state index is 13.0. The number of esters is 3. The first-order valence-electron chi connectivity index (χ1n) is 42.5. The summed E-state index contributed by atoms with van der Waals surface area (Å²) >= 11 is 0. The number of phosphoric acid groups is 2. The second-order valence-electron chi connectivity index (χ2n) is 28.6. The molecule has 0 amide bonds. The number of rotatable bonds is 81. The average Bonchev–Trinajstić information content (AvgIpc) is 0.913. The van der Waals surface area contributed by atoms with Gasteiger partial charge in [-0.3, -0.25) is 32.5 Å². The summed E-state index contributed by atoms with van der Waals surface area (Å²) in [7, 11) is -9.78. The van der Waals surface area contributed by atoms with E-state index in [1.807, 2.05) is 0 Å². The summed E-state index contributed by atoms with van der Waals surface area (Å²) in [6, 6.07) is 0. The molecule has 610 valence electrons. The fourth-order valence-electron chi connectivity index (χ4n) is 11.8. The van der Waals surface area contributed by atoms with Gasteiger partial charge in [0.05, 0.1) is 26.4 Å². The Hall–Kier alpha value is -3.53. The lowest BCUT2D eigenvalue weighted by atomic mass is 10.0. The first-order valence-corrected chi connectivity index (χ1v) is 45.5. The molecule has 0 aliphatic rings. The number of hydrogen-bond donors (Lipinski definition) is 4. The lowest BCUT2D eigenvalue weighted by Gasteiger charge is -2.21. The van der Waals surface area contributed by atoms with Gasteiger partial charge in [0.15, 0.2) is 6.10 Å². The normalized spacial score (nSPS) is 14.4. The maximum Gasteiger partial charge on any atom is 0.472 e. The molecule has 0 saturated heterocycles. The zero-order valence-electron chi connectivity index (χ0n) is 66.9. The standard InChI is InChI=1S/C87H156O16P2/c1-4-7-10-13-16-19-22-25-28-30-32-33-34-35-36-37-38-39-40-41-42-43-44-45-46-47-49-51-53-55-58-61-64-67-70-73-85(90)97-76-82(88)77-99-104(93,94)100-78-83(89)79-101-105(95,96)102-81-84(103-87(92)75-72-69-66-63-60-57-52-27-24-21-18-15-12-9-6-3)80-98-86(91)74-71-68-65-62-59-56-54-50-48-31-29-26-23-20-17-14-11-8-5-2/h8,11,16-17,19-20,25-26,28-29,32-33,35-36,48,50,82-84,88-89H,4-7,9-10,12-15,18,21-24,27,30-31,34,37-47,49,51-81H2,1-3H3,(H,93,94)(H,95,96)/b11-8-,19-16-,20-17-,28-25-,29-26-,33-32-,36-35-,50-48-. The Kier molecular flexibility index (Phi) is 77.3. The summed E-state index contributed by atoms with van der Waals surface area (Å²) in [6.45, 7) is 2.59. The third-order valence-electron chi connectivity index (χ3n) is 18.3. The van der Waals surface area contributed by atoms with E-state index in [4.69, 9.17) is 32.3 Å². The predicted octanol–water partition coefficient (Wildman–Crippen LogP) is 25.3.